The summed E-state index contributed by atoms with van der Waals surface area (Å²) in [6, 6.07) is 19.9. The molecule has 0 unspecified atom stereocenters. The van der Waals surface area contributed by atoms with Crippen LogP contribution in [0.4, 0.5) is 0 Å². The standard InChI is InChI=1S/C20H21NS3/c1-3-14-6-4-5-7-19(14)15-10-17(22-2)12-18(11-15)24-20-9-8-16(13-21)23-20/h4-12H,3,13,21H2,1-2H3. The summed E-state index contributed by atoms with van der Waals surface area (Å²) < 4.78 is 1.29. The Kier molecular flexibility index (Phi) is 6.06. The van der Waals surface area contributed by atoms with E-state index in [0.29, 0.717) is 6.54 Å². The third-order valence-electron chi connectivity index (χ3n) is 3.88. The highest BCUT2D eigenvalue weighted by Crippen LogP contribution is 2.38. The first-order valence-electron chi connectivity index (χ1n) is 7.97. The minimum Gasteiger partial charge on any atom is -0.326 e. The molecule has 0 fully saturated rings. The third kappa shape index (κ3) is 4.06. The highest BCUT2D eigenvalue weighted by molar-refractivity contribution is 8.01. The summed E-state index contributed by atoms with van der Waals surface area (Å²) in [5.41, 5.74) is 9.77. The maximum Gasteiger partial charge on any atom is 0.0649 e. The molecule has 124 valence electrons. The Hall–Kier alpha value is -1.20. The number of thioether (sulfide) groups is 1. The molecule has 2 aromatic carbocycles. The van der Waals surface area contributed by atoms with Crippen LogP contribution in [0.25, 0.3) is 11.1 Å². The van der Waals surface area contributed by atoms with E-state index in [-0.39, 0.29) is 0 Å². The highest BCUT2D eigenvalue weighted by atomic mass is 32.2. The van der Waals surface area contributed by atoms with E-state index >= 15 is 0 Å². The van der Waals surface area contributed by atoms with Crippen molar-refractivity contribution in [1.29, 1.82) is 0 Å². The van der Waals surface area contributed by atoms with E-state index in [4.69, 9.17) is 5.73 Å². The molecular weight excluding hydrogens is 350 g/mol. The van der Waals surface area contributed by atoms with Crippen LogP contribution in [0.5, 0.6) is 0 Å². The Morgan fingerprint density at radius 3 is 2.50 bits per heavy atom. The van der Waals surface area contributed by atoms with Gasteiger partial charge in [0.25, 0.3) is 0 Å². The van der Waals surface area contributed by atoms with Crippen molar-refractivity contribution in [3.8, 4) is 11.1 Å². The van der Waals surface area contributed by atoms with Gasteiger partial charge < -0.3 is 5.73 Å². The van der Waals surface area contributed by atoms with Crippen LogP contribution in [-0.2, 0) is 13.0 Å². The molecule has 0 aliphatic heterocycles. The van der Waals surface area contributed by atoms with Crippen LogP contribution in [0.2, 0.25) is 0 Å². The number of benzene rings is 2. The van der Waals surface area contributed by atoms with E-state index in [1.165, 1.54) is 35.6 Å². The molecule has 0 saturated heterocycles. The second-order valence-electron chi connectivity index (χ2n) is 5.43. The van der Waals surface area contributed by atoms with E-state index in [0.717, 1.165) is 6.42 Å². The van der Waals surface area contributed by atoms with Crippen molar-refractivity contribution in [2.75, 3.05) is 6.26 Å². The van der Waals surface area contributed by atoms with Crippen molar-refractivity contribution in [3.63, 3.8) is 0 Å². The SMILES string of the molecule is CCc1ccccc1-c1cc(SC)cc(Sc2ccc(CN)s2)c1. The maximum absolute atomic E-state index is 5.73. The van der Waals surface area contributed by atoms with Crippen molar-refractivity contribution < 1.29 is 0 Å². The van der Waals surface area contributed by atoms with E-state index in [1.54, 1.807) is 23.1 Å². The van der Waals surface area contributed by atoms with Gasteiger partial charge in [0.2, 0.25) is 0 Å². The molecule has 0 amide bonds. The molecule has 0 atom stereocenters. The lowest BCUT2D eigenvalue weighted by Gasteiger charge is -2.11. The van der Waals surface area contributed by atoms with Gasteiger partial charge in [-0.25, -0.2) is 0 Å². The van der Waals surface area contributed by atoms with Crippen molar-refractivity contribution in [2.45, 2.75) is 33.9 Å². The molecule has 4 heteroatoms. The van der Waals surface area contributed by atoms with Crippen LogP contribution < -0.4 is 5.73 Å². The molecule has 1 nitrogen and oxygen atoms in total. The van der Waals surface area contributed by atoms with Gasteiger partial charge in [-0.3, -0.25) is 0 Å². The molecule has 0 aliphatic carbocycles. The quantitative estimate of drug-likeness (QED) is 0.514. The molecule has 1 heterocycles. The number of rotatable bonds is 6. The van der Waals surface area contributed by atoms with Crippen LogP contribution in [0, 0.1) is 0 Å². The lowest BCUT2D eigenvalue weighted by molar-refractivity contribution is 1.11. The van der Waals surface area contributed by atoms with Gasteiger partial charge in [0.15, 0.2) is 0 Å². The topological polar surface area (TPSA) is 26.0 Å². The van der Waals surface area contributed by atoms with E-state index in [2.05, 4.69) is 67.8 Å². The van der Waals surface area contributed by atoms with E-state index < -0.39 is 0 Å². The number of hydrogen-bond acceptors (Lipinski definition) is 4. The zero-order chi connectivity index (χ0) is 16.9. The summed E-state index contributed by atoms with van der Waals surface area (Å²) in [5.74, 6) is 0. The molecule has 0 spiro atoms. The molecule has 3 rings (SSSR count). The average Bonchev–Trinajstić information content (AvgIpc) is 3.08. The average molecular weight is 372 g/mol. The normalized spacial score (nSPS) is 11.0. The summed E-state index contributed by atoms with van der Waals surface area (Å²) in [6.45, 7) is 2.83. The van der Waals surface area contributed by atoms with Gasteiger partial charge in [0, 0.05) is 21.2 Å². The van der Waals surface area contributed by atoms with Crippen LogP contribution >= 0.6 is 34.9 Å². The smallest absolute Gasteiger partial charge is 0.0649 e. The molecule has 3 aromatic rings. The summed E-state index contributed by atoms with van der Waals surface area (Å²) in [5, 5.41) is 0. The van der Waals surface area contributed by atoms with Crippen molar-refractivity contribution in [3.05, 3.63) is 65.0 Å². The van der Waals surface area contributed by atoms with Crippen LogP contribution in [0.3, 0.4) is 0 Å². The first kappa shape index (κ1) is 17.6. The Morgan fingerprint density at radius 1 is 1.00 bits per heavy atom. The van der Waals surface area contributed by atoms with E-state index in [9.17, 15) is 0 Å². The fourth-order valence-electron chi connectivity index (χ4n) is 2.65. The monoisotopic (exact) mass is 371 g/mol. The molecule has 0 saturated carbocycles. The largest absolute Gasteiger partial charge is 0.326 e. The first-order valence-corrected chi connectivity index (χ1v) is 10.8. The third-order valence-corrected chi connectivity index (χ3v) is 6.80. The van der Waals surface area contributed by atoms with Crippen LogP contribution in [0.15, 0.2) is 68.6 Å². The second kappa shape index (κ2) is 8.26. The van der Waals surface area contributed by atoms with Gasteiger partial charge in [-0.2, -0.15) is 0 Å². The van der Waals surface area contributed by atoms with Gasteiger partial charge in [0.05, 0.1) is 4.21 Å². The van der Waals surface area contributed by atoms with Crippen molar-refractivity contribution in [2.24, 2.45) is 5.73 Å². The summed E-state index contributed by atoms with van der Waals surface area (Å²) in [4.78, 5) is 3.82. The Morgan fingerprint density at radius 2 is 1.79 bits per heavy atom. The number of aryl methyl sites for hydroxylation is 1. The molecule has 0 bridgehead atoms. The number of nitrogens with two attached hydrogens (primary N) is 1. The molecule has 2 N–H and O–H groups in total. The zero-order valence-electron chi connectivity index (χ0n) is 13.9. The Labute approximate surface area is 156 Å². The highest BCUT2D eigenvalue weighted by Gasteiger charge is 2.09. The van der Waals surface area contributed by atoms with Gasteiger partial charge in [-0.15, -0.1) is 23.1 Å². The van der Waals surface area contributed by atoms with Crippen molar-refractivity contribution in [1.82, 2.24) is 0 Å². The summed E-state index contributed by atoms with van der Waals surface area (Å²) in [7, 11) is 0. The van der Waals surface area contributed by atoms with E-state index in [1.807, 2.05) is 11.8 Å². The molecule has 24 heavy (non-hydrogen) atoms. The minimum absolute atomic E-state index is 0.616. The Balaban J connectivity index is 1.98. The molecule has 0 radical (unpaired) electrons. The predicted molar refractivity (Wildman–Crippen MR) is 109 cm³/mol. The lowest BCUT2D eigenvalue weighted by Crippen LogP contribution is -1.90. The first-order chi connectivity index (χ1) is 11.7. The number of hydrogen-bond donors (Lipinski definition) is 1. The van der Waals surface area contributed by atoms with Crippen molar-refractivity contribution >= 4 is 34.9 Å². The minimum atomic E-state index is 0.616. The van der Waals surface area contributed by atoms with Gasteiger partial charge in [-0.1, -0.05) is 43.0 Å². The number of thiophene rings is 1. The van der Waals surface area contributed by atoms with Gasteiger partial charge in [-0.05, 0) is 59.7 Å². The van der Waals surface area contributed by atoms with Gasteiger partial charge >= 0.3 is 0 Å². The second-order valence-corrected chi connectivity index (χ2v) is 8.86. The fraction of sp³-hybridized carbons (Fsp3) is 0.200. The molecule has 1 aromatic heterocycles. The lowest BCUT2D eigenvalue weighted by atomic mass is 9.98. The predicted octanol–water partition coefficient (Wildman–Crippen LogP) is 6.31. The van der Waals surface area contributed by atoms with Crippen LogP contribution in [0.1, 0.15) is 17.4 Å². The molecular formula is C20H21NS3. The van der Waals surface area contributed by atoms with Crippen LogP contribution in [-0.4, -0.2) is 6.26 Å². The maximum atomic E-state index is 5.73. The zero-order valence-corrected chi connectivity index (χ0v) is 16.4. The summed E-state index contributed by atoms with van der Waals surface area (Å²) in [6.07, 6.45) is 3.18. The summed E-state index contributed by atoms with van der Waals surface area (Å²) >= 11 is 5.40. The molecule has 0 aliphatic rings. The van der Waals surface area contributed by atoms with Gasteiger partial charge in [0.1, 0.15) is 0 Å². The Bertz CT molecular complexity index is 823. The fourth-order valence-corrected chi connectivity index (χ4v) is 5.35.